The minimum Gasteiger partial charge on any atom is -0.444 e. The van der Waals surface area contributed by atoms with Gasteiger partial charge in [-0.25, -0.2) is 18.2 Å². The number of primary amides is 1. The molecule has 7 rings (SSSR count). The van der Waals surface area contributed by atoms with Crippen molar-refractivity contribution in [2.75, 3.05) is 13.1 Å². The van der Waals surface area contributed by atoms with Gasteiger partial charge in [-0.05, 0) is 122 Å². The van der Waals surface area contributed by atoms with Crippen LogP contribution in [0.2, 0.25) is 0 Å². The molecule has 3 atom stereocenters. The lowest BCUT2D eigenvalue weighted by molar-refractivity contribution is -0.136. The Bertz CT molecular complexity index is 2340. The molecule has 1 saturated heterocycles. The van der Waals surface area contributed by atoms with Crippen molar-refractivity contribution in [3.63, 3.8) is 0 Å². The van der Waals surface area contributed by atoms with E-state index in [0.29, 0.717) is 25.8 Å². The molecule has 3 unspecified atom stereocenters. The van der Waals surface area contributed by atoms with Crippen molar-refractivity contribution >= 4 is 56.6 Å². The van der Waals surface area contributed by atoms with E-state index in [2.05, 4.69) is 112 Å². The molecule has 66 heavy (non-hydrogen) atoms. The van der Waals surface area contributed by atoms with Crippen LogP contribution in [0.1, 0.15) is 137 Å². The molecule has 2 aliphatic carbocycles. The normalized spacial score (nSPS) is 18.9. The van der Waals surface area contributed by atoms with Crippen LogP contribution in [0.3, 0.4) is 0 Å². The van der Waals surface area contributed by atoms with E-state index < -0.39 is 38.4 Å². The van der Waals surface area contributed by atoms with Crippen LogP contribution in [0, 0.1) is 31.6 Å². The number of aliphatic imine (C=N–C) groups is 1. The Kier molecular flexibility index (Phi) is 19.3. The standard InChI is InChI=1S/C20H18N2S.C15H25NO3S.C12H21N3O4.C4H10/c1-12-7-8-16(13(2)9-12)18-11-23-20(22-18)17-6-4-5-15-10-14(3)21-19(15)17;1-3-4-5-6-7-8-12-11-13(12)14(17)16-20(18,19)15(2)9-10-15;1-12(2,3)19-11(18)14-7-9(16)15-6-4-5-8(15)10(13)17;1-4(2)3/h4-9,11H,10H2,1-3H3;7-8,12-13H,3-6,9-11H2,1-2H3,(H,16,17);8H,4-7H2,1-3H3,(H2,13,17)(H,14,18);4H,1-3H3/b;8-7-;;. The first-order valence-corrected chi connectivity index (χ1v) is 25.8. The molecule has 0 spiro atoms. The predicted molar refractivity (Wildman–Crippen MR) is 267 cm³/mol. The first-order valence-electron chi connectivity index (χ1n) is 23.4. The van der Waals surface area contributed by atoms with E-state index in [1.165, 1.54) is 52.1 Å². The highest BCUT2D eigenvalue weighted by Crippen LogP contribution is 2.44. The number of aromatic nitrogens is 1. The van der Waals surface area contributed by atoms with Gasteiger partial charge < -0.3 is 20.7 Å². The molecule has 2 saturated carbocycles. The maximum Gasteiger partial charge on any atom is 0.408 e. The number of nitrogens with two attached hydrogens (primary N) is 1. The maximum absolute atomic E-state index is 11.9. The second-order valence-corrected chi connectivity index (χ2v) is 22.8. The molecule has 1 aromatic heterocycles. The van der Waals surface area contributed by atoms with Gasteiger partial charge in [0.2, 0.25) is 27.7 Å². The number of allylic oxidation sites excluding steroid dienone is 2. The van der Waals surface area contributed by atoms with E-state index in [9.17, 15) is 27.6 Å². The largest absolute Gasteiger partial charge is 0.444 e. The van der Waals surface area contributed by atoms with Crippen molar-refractivity contribution in [2.24, 2.45) is 28.5 Å². The molecule has 2 aromatic carbocycles. The van der Waals surface area contributed by atoms with Crippen LogP contribution in [-0.2, 0) is 35.6 Å². The summed E-state index contributed by atoms with van der Waals surface area (Å²) < 4.78 is 30.5. The number of benzene rings is 2. The lowest BCUT2D eigenvalue weighted by Crippen LogP contribution is -2.48. The third kappa shape index (κ3) is 16.2. The number of likely N-dealkylation sites (tertiary alicyclic amines) is 1. The van der Waals surface area contributed by atoms with E-state index in [1.54, 1.807) is 39.0 Å². The predicted octanol–water partition coefficient (Wildman–Crippen LogP) is 10.1. The number of aryl methyl sites for hydroxylation is 2. The molecule has 3 fully saturated rings. The second-order valence-electron chi connectivity index (χ2n) is 19.8. The Hall–Kier alpha value is -4.89. The number of rotatable bonds is 13. The average Bonchev–Trinajstić information content (AvgIpc) is 3.94. The first kappa shape index (κ1) is 53.7. The minimum atomic E-state index is -3.47. The Labute approximate surface area is 397 Å². The van der Waals surface area contributed by atoms with E-state index in [0.717, 1.165) is 53.6 Å². The molecule has 4 aliphatic rings. The number of hydrogen-bond acceptors (Lipinski definition) is 10. The van der Waals surface area contributed by atoms with Crippen LogP contribution in [-0.4, -0.2) is 77.3 Å². The zero-order valence-electron chi connectivity index (χ0n) is 41.1. The molecule has 362 valence electrons. The Morgan fingerprint density at radius 2 is 1.74 bits per heavy atom. The molecule has 0 bridgehead atoms. The molecule has 15 heteroatoms. The highest BCUT2D eigenvalue weighted by Gasteiger charge is 2.52. The fourth-order valence-electron chi connectivity index (χ4n) is 7.38. The van der Waals surface area contributed by atoms with Crippen LogP contribution in [0.5, 0.6) is 0 Å². The van der Waals surface area contributed by atoms with Gasteiger partial charge in [-0.2, -0.15) is 0 Å². The number of carbonyl (C=O) groups excluding carboxylic acids is 4. The summed E-state index contributed by atoms with van der Waals surface area (Å²) in [5, 5.41) is 5.57. The monoisotopic (exact) mass is 947 g/mol. The topological polar surface area (TPSA) is 190 Å². The highest BCUT2D eigenvalue weighted by atomic mass is 32.2. The molecule has 2 aliphatic heterocycles. The summed E-state index contributed by atoms with van der Waals surface area (Å²) in [7, 11) is -3.47. The van der Waals surface area contributed by atoms with Gasteiger partial charge in [-0.1, -0.05) is 88.6 Å². The zero-order valence-corrected chi connectivity index (χ0v) is 42.7. The molecular weight excluding hydrogens is 873 g/mol. The second kappa shape index (κ2) is 23.7. The Morgan fingerprint density at radius 1 is 1.05 bits per heavy atom. The van der Waals surface area contributed by atoms with Gasteiger partial charge >= 0.3 is 6.09 Å². The molecule has 0 radical (unpaired) electrons. The number of amides is 4. The summed E-state index contributed by atoms with van der Waals surface area (Å²) in [5.41, 5.74) is 14.2. The quantitative estimate of drug-likeness (QED) is 0.111. The minimum absolute atomic E-state index is 0.144. The third-order valence-electron chi connectivity index (χ3n) is 11.3. The van der Waals surface area contributed by atoms with E-state index in [4.69, 9.17) is 20.4 Å². The van der Waals surface area contributed by atoms with E-state index >= 15 is 0 Å². The number of ether oxygens (including phenoxy) is 1. The van der Waals surface area contributed by atoms with Gasteiger partial charge in [0.15, 0.2) is 0 Å². The number of fused-ring (bicyclic) bond motifs is 1. The van der Waals surface area contributed by atoms with Crippen molar-refractivity contribution < 1.29 is 32.3 Å². The molecular formula is C51H74N6O7S2. The lowest BCUT2D eigenvalue weighted by atomic mass is 10.0. The summed E-state index contributed by atoms with van der Waals surface area (Å²) in [6.07, 6.45) is 12.6. The summed E-state index contributed by atoms with van der Waals surface area (Å²) in [6, 6.07) is 12.4. The maximum atomic E-state index is 11.9. The average molecular weight is 947 g/mol. The number of unbranched alkanes of at least 4 members (excludes halogenated alkanes) is 3. The lowest BCUT2D eigenvalue weighted by Gasteiger charge is -2.23. The summed E-state index contributed by atoms with van der Waals surface area (Å²) in [4.78, 5) is 57.4. The summed E-state index contributed by atoms with van der Waals surface area (Å²) >= 11 is 1.70. The molecule has 4 N–H and O–H groups in total. The third-order valence-corrected chi connectivity index (χ3v) is 14.4. The van der Waals surface area contributed by atoms with Crippen molar-refractivity contribution in [1.29, 1.82) is 0 Å². The van der Waals surface area contributed by atoms with E-state index in [-0.39, 0.29) is 30.2 Å². The van der Waals surface area contributed by atoms with Crippen molar-refractivity contribution in [3.05, 3.63) is 70.6 Å². The number of nitrogens with one attached hydrogen (secondary N) is 2. The van der Waals surface area contributed by atoms with Crippen LogP contribution < -0.4 is 15.8 Å². The Morgan fingerprint density at radius 3 is 2.36 bits per heavy atom. The fraction of sp³-hybridized carbons (Fsp3) is 0.569. The Balaban J connectivity index is 0.000000209. The van der Waals surface area contributed by atoms with Crippen LogP contribution in [0.15, 0.2) is 58.9 Å². The van der Waals surface area contributed by atoms with Crippen molar-refractivity contribution in [3.8, 4) is 21.8 Å². The number of para-hydroxylation sites is 1. The summed E-state index contributed by atoms with van der Waals surface area (Å²) in [5.74, 6) is -0.231. The van der Waals surface area contributed by atoms with Gasteiger partial charge in [0.1, 0.15) is 23.2 Å². The van der Waals surface area contributed by atoms with Gasteiger partial charge in [-0.3, -0.25) is 24.1 Å². The smallest absolute Gasteiger partial charge is 0.408 e. The number of carbonyl (C=O) groups is 4. The zero-order chi connectivity index (χ0) is 49.0. The van der Waals surface area contributed by atoms with E-state index in [1.807, 2.05) is 0 Å². The first-order chi connectivity index (χ1) is 30.9. The fourth-order valence-corrected chi connectivity index (χ4v) is 9.53. The van der Waals surface area contributed by atoms with Crippen LogP contribution in [0.4, 0.5) is 10.5 Å². The number of thiazole rings is 1. The van der Waals surface area contributed by atoms with Crippen molar-refractivity contribution in [2.45, 2.75) is 157 Å². The SMILES string of the molecule is CC(C)(C)OC(=O)NCC(=O)N1CCCC1C(N)=O.CC(C)C.CC1=Nc2c(cccc2-c2nc(-c3ccc(C)cc3C)cs2)C1.CCCCC/C=C\C1CC1C(=O)NS(=O)(=O)C1(C)CC1. The van der Waals surface area contributed by atoms with Gasteiger partial charge in [-0.15, -0.1) is 11.3 Å². The van der Waals surface area contributed by atoms with Crippen molar-refractivity contribution in [1.82, 2.24) is 19.9 Å². The molecule has 3 aromatic rings. The van der Waals surface area contributed by atoms with Gasteiger partial charge in [0.05, 0.1) is 16.1 Å². The highest BCUT2D eigenvalue weighted by molar-refractivity contribution is 7.91. The number of nitrogens with zero attached hydrogens (tertiary/aromatic N) is 3. The van der Waals surface area contributed by atoms with Gasteiger partial charge in [0, 0.05) is 41.1 Å². The number of alkyl carbamates (subject to hydrolysis) is 1. The number of sulfonamides is 1. The molecule has 4 amide bonds. The van der Waals surface area contributed by atoms with Gasteiger partial charge in [0.25, 0.3) is 0 Å². The number of hydrogen-bond donors (Lipinski definition) is 3. The summed E-state index contributed by atoms with van der Waals surface area (Å²) in [6.45, 7) is 22.2. The van der Waals surface area contributed by atoms with Crippen LogP contribution in [0.25, 0.3) is 21.8 Å². The molecule has 13 nitrogen and oxygen atoms in total. The van der Waals surface area contributed by atoms with Crippen LogP contribution >= 0.6 is 11.3 Å². The molecule has 3 heterocycles.